The molecule has 0 aromatic carbocycles. The molecule has 0 saturated carbocycles. The van der Waals surface area contributed by atoms with Crippen molar-refractivity contribution in [2.45, 2.75) is 5.25 Å². The van der Waals surface area contributed by atoms with Crippen LogP contribution in [0, 0.1) is 0 Å². The van der Waals surface area contributed by atoms with E-state index in [2.05, 4.69) is 18.2 Å². The van der Waals surface area contributed by atoms with Crippen molar-refractivity contribution >= 4 is 23.4 Å². The molecule has 2 aliphatic rings. The highest BCUT2D eigenvalue weighted by Crippen LogP contribution is 2.41. The van der Waals surface area contributed by atoms with Crippen molar-refractivity contribution in [3.05, 3.63) is 34.2 Å². The lowest BCUT2D eigenvalue weighted by molar-refractivity contribution is 1.39. The van der Waals surface area contributed by atoms with Gasteiger partial charge >= 0.3 is 0 Å². The van der Waals surface area contributed by atoms with E-state index >= 15 is 0 Å². The van der Waals surface area contributed by atoms with Gasteiger partial charge in [0.2, 0.25) is 0 Å². The van der Waals surface area contributed by atoms with Crippen LogP contribution < -0.4 is 0 Å². The molecule has 1 unspecified atom stereocenters. The Morgan fingerprint density at radius 2 is 2.44 bits per heavy atom. The van der Waals surface area contributed by atoms with E-state index in [1.54, 1.807) is 11.8 Å². The second kappa shape index (κ2) is 1.93. The first kappa shape index (κ1) is 5.63. The van der Waals surface area contributed by atoms with Gasteiger partial charge in [-0.1, -0.05) is 29.8 Å². The van der Waals surface area contributed by atoms with E-state index in [0.29, 0.717) is 5.25 Å². The summed E-state index contributed by atoms with van der Waals surface area (Å²) in [5.41, 5.74) is 1.34. The topological polar surface area (TPSA) is 0 Å². The zero-order valence-electron chi connectivity index (χ0n) is 4.67. The van der Waals surface area contributed by atoms with Crippen LogP contribution in [0.2, 0.25) is 0 Å². The van der Waals surface area contributed by atoms with Crippen LogP contribution in [0.25, 0.3) is 0 Å². The van der Waals surface area contributed by atoms with Gasteiger partial charge in [0.1, 0.15) is 0 Å². The molecule has 0 amide bonds. The largest absolute Gasteiger partial charge is 0.102 e. The van der Waals surface area contributed by atoms with Crippen molar-refractivity contribution in [3.8, 4) is 0 Å². The number of rotatable bonds is 0. The molecule has 0 aromatic heterocycles. The second-order valence-corrected chi connectivity index (χ2v) is 3.85. The highest BCUT2D eigenvalue weighted by molar-refractivity contribution is 8.05. The molecule has 0 nitrogen and oxygen atoms in total. The molecule has 2 rings (SSSR count). The molecule has 0 saturated heterocycles. The number of thioether (sulfide) groups is 1. The summed E-state index contributed by atoms with van der Waals surface area (Å²) in [6, 6.07) is 0. The molecule has 0 bridgehead atoms. The van der Waals surface area contributed by atoms with E-state index in [-0.39, 0.29) is 0 Å². The Morgan fingerprint density at radius 1 is 1.56 bits per heavy atom. The maximum atomic E-state index is 5.76. The molecular formula is C7H5ClS. The lowest BCUT2D eigenvalue weighted by Crippen LogP contribution is -1.88. The summed E-state index contributed by atoms with van der Waals surface area (Å²) >= 11 is 7.47. The molecule has 46 valence electrons. The van der Waals surface area contributed by atoms with Crippen LogP contribution in [0.3, 0.4) is 0 Å². The lowest BCUT2D eigenvalue weighted by Gasteiger charge is -1.96. The fraction of sp³-hybridized carbons (Fsp3) is 0.143. The Morgan fingerprint density at radius 3 is 3.22 bits per heavy atom. The zero-order valence-corrected chi connectivity index (χ0v) is 6.25. The van der Waals surface area contributed by atoms with E-state index in [4.69, 9.17) is 11.6 Å². The predicted octanol–water partition coefficient (Wildman–Crippen LogP) is 2.68. The van der Waals surface area contributed by atoms with Crippen molar-refractivity contribution in [1.29, 1.82) is 0 Å². The summed E-state index contributed by atoms with van der Waals surface area (Å²) in [4.78, 5) is 0. The SMILES string of the molecule is ClC1=CC2=CC=CC2S1. The fourth-order valence-corrected chi connectivity index (χ4v) is 2.31. The van der Waals surface area contributed by atoms with Gasteiger partial charge in [0, 0.05) is 0 Å². The minimum atomic E-state index is 0.525. The standard InChI is InChI=1S/C7H5ClS/c8-7-4-5-2-1-3-6(5)9-7/h1-4,6H. The monoisotopic (exact) mass is 156 g/mol. The molecule has 0 fully saturated rings. The molecule has 1 heterocycles. The van der Waals surface area contributed by atoms with Gasteiger partial charge in [0.25, 0.3) is 0 Å². The third kappa shape index (κ3) is 0.846. The summed E-state index contributed by atoms with van der Waals surface area (Å²) < 4.78 is 0.913. The maximum absolute atomic E-state index is 5.76. The molecule has 1 aliphatic carbocycles. The van der Waals surface area contributed by atoms with Gasteiger partial charge in [-0.05, 0) is 11.6 Å². The van der Waals surface area contributed by atoms with Crippen LogP contribution >= 0.6 is 23.4 Å². The summed E-state index contributed by atoms with van der Waals surface area (Å²) in [6.45, 7) is 0. The fourth-order valence-electron chi connectivity index (χ4n) is 0.997. The number of fused-ring (bicyclic) bond motifs is 1. The zero-order chi connectivity index (χ0) is 6.27. The first-order chi connectivity index (χ1) is 4.36. The molecule has 1 atom stereocenters. The van der Waals surface area contributed by atoms with E-state index in [9.17, 15) is 0 Å². The van der Waals surface area contributed by atoms with Gasteiger partial charge in [-0.25, -0.2) is 0 Å². The average Bonchev–Trinajstić information content (AvgIpc) is 2.22. The van der Waals surface area contributed by atoms with Gasteiger partial charge in [-0.15, -0.1) is 11.8 Å². The lowest BCUT2D eigenvalue weighted by atomic mass is 10.2. The van der Waals surface area contributed by atoms with Crippen molar-refractivity contribution in [3.63, 3.8) is 0 Å². The molecule has 0 aromatic rings. The highest BCUT2D eigenvalue weighted by Gasteiger charge is 2.20. The third-order valence-corrected chi connectivity index (χ3v) is 2.83. The summed E-state index contributed by atoms with van der Waals surface area (Å²) in [6.07, 6.45) is 8.36. The van der Waals surface area contributed by atoms with Crippen LogP contribution in [0.4, 0.5) is 0 Å². The summed E-state index contributed by atoms with van der Waals surface area (Å²) in [5, 5.41) is 0.525. The number of hydrogen-bond donors (Lipinski definition) is 0. The van der Waals surface area contributed by atoms with Crippen molar-refractivity contribution in [2.75, 3.05) is 0 Å². The van der Waals surface area contributed by atoms with Crippen LogP contribution in [-0.4, -0.2) is 5.25 Å². The smallest absolute Gasteiger partial charge is 0.0747 e. The van der Waals surface area contributed by atoms with Crippen LogP contribution in [0.1, 0.15) is 0 Å². The molecule has 1 aliphatic heterocycles. The highest BCUT2D eigenvalue weighted by atomic mass is 35.5. The minimum absolute atomic E-state index is 0.525. The third-order valence-electron chi connectivity index (χ3n) is 1.42. The van der Waals surface area contributed by atoms with Gasteiger partial charge in [-0.2, -0.15) is 0 Å². The molecular weight excluding hydrogens is 152 g/mol. The van der Waals surface area contributed by atoms with Crippen LogP contribution in [0.5, 0.6) is 0 Å². The number of halogens is 1. The summed E-state index contributed by atoms with van der Waals surface area (Å²) in [5.74, 6) is 0. The first-order valence-corrected chi connectivity index (χ1v) is 4.04. The van der Waals surface area contributed by atoms with E-state index in [0.717, 1.165) is 4.36 Å². The normalized spacial score (nSPS) is 30.1. The van der Waals surface area contributed by atoms with E-state index in [1.807, 2.05) is 6.08 Å². The molecule has 0 spiro atoms. The van der Waals surface area contributed by atoms with Crippen LogP contribution in [0.15, 0.2) is 34.2 Å². The Kier molecular flexibility index (Phi) is 1.20. The Bertz CT molecular complexity index is 222. The van der Waals surface area contributed by atoms with Crippen molar-refractivity contribution in [2.24, 2.45) is 0 Å². The van der Waals surface area contributed by atoms with E-state index < -0.39 is 0 Å². The van der Waals surface area contributed by atoms with Crippen LogP contribution in [-0.2, 0) is 0 Å². The molecule has 9 heavy (non-hydrogen) atoms. The maximum Gasteiger partial charge on any atom is 0.0747 e. The quantitative estimate of drug-likeness (QED) is 0.520. The Balaban J connectivity index is 2.35. The van der Waals surface area contributed by atoms with Gasteiger partial charge in [0.05, 0.1) is 9.61 Å². The molecule has 0 radical (unpaired) electrons. The van der Waals surface area contributed by atoms with E-state index in [1.165, 1.54) is 5.57 Å². The number of allylic oxidation sites excluding steroid dienone is 3. The first-order valence-electron chi connectivity index (χ1n) is 2.78. The number of hydrogen-bond acceptors (Lipinski definition) is 1. The van der Waals surface area contributed by atoms with Crippen molar-refractivity contribution < 1.29 is 0 Å². The van der Waals surface area contributed by atoms with Crippen molar-refractivity contribution in [1.82, 2.24) is 0 Å². The predicted molar refractivity (Wildman–Crippen MR) is 42.5 cm³/mol. The second-order valence-electron chi connectivity index (χ2n) is 2.04. The molecule has 0 N–H and O–H groups in total. The Labute approximate surface area is 63.3 Å². The van der Waals surface area contributed by atoms with Gasteiger partial charge in [0.15, 0.2) is 0 Å². The molecule has 2 heteroatoms. The summed E-state index contributed by atoms with van der Waals surface area (Å²) in [7, 11) is 0. The average molecular weight is 157 g/mol. The van der Waals surface area contributed by atoms with Gasteiger partial charge in [-0.3, -0.25) is 0 Å². The van der Waals surface area contributed by atoms with Gasteiger partial charge < -0.3 is 0 Å². The Hall–Kier alpha value is -0.140. The minimum Gasteiger partial charge on any atom is -0.102 e.